The monoisotopic (exact) mass is 612 g/mol. The van der Waals surface area contributed by atoms with E-state index < -0.39 is 27.9 Å². The fourth-order valence-electron chi connectivity index (χ4n) is 5.52. The van der Waals surface area contributed by atoms with Gasteiger partial charge in [0.15, 0.2) is 0 Å². The molecule has 0 radical (unpaired) electrons. The fraction of sp³-hybridized carbons (Fsp3) is 0.444. The number of anilines is 2. The van der Waals surface area contributed by atoms with Crippen molar-refractivity contribution in [3.8, 4) is 11.3 Å². The molecule has 3 N–H and O–H groups in total. The second kappa shape index (κ2) is 11.4. The van der Waals surface area contributed by atoms with Crippen LogP contribution in [-0.4, -0.2) is 84.1 Å². The van der Waals surface area contributed by atoms with Crippen LogP contribution in [0.15, 0.2) is 42.5 Å². The van der Waals surface area contributed by atoms with Gasteiger partial charge in [0, 0.05) is 69.1 Å². The number of alkyl halides is 3. The molecule has 0 bridgehead atoms. The zero-order valence-electron chi connectivity index (χ0n) is 22.5. The SMILES string of the molecule is CS(=O)(=O)N1CCc2c(c(-c3ccc(C(F)(F)F)cc3)nn2CC(O)CN2CCN(c3c(N)cccc3Cl)CC2)C1. The molecule has 2 aromatic carbocycles. The summed E-state index contributed by atoms with van der Waals surface area (Å²) in [6.45, 7) is 3.65. The topological polar surface area (TPSA) is 108 Å². The summed E-state index contributed by atoms with van der Waals surface area (Å²) >= 11 is 6.37. The van der Waals surface area contributed by atoms with E-state index in [0.717, 1.165) is 29.8 Å². The highest BCUT2D eigenvalue weighted by atomic mass is 35.5. The standard InChI is InChI=1S/C27H32ClF3N6O3S/c1-41(39,40)36-10-9-24-21(17-36)25(18-5-7-19(8-6-18)27(29,30)31)33-37(24)16-20(38)15-34-11-13-35(14-12-34)26-22(28)3-2-4-23(26)32/h2-8,20,38H,9-17,32H2,1H3. The molecule has 3 heterocycles. The van der Waals surface area contributed by atoms with Crippen molar-refractivity contribution in [2.45, 2.75) is 31.8 Å². The minimum absolute atomic E-state index is 0.0632. The molecule has 0 saturated carbocycles. The molecule has 0 spiro atoms. The second-order valence-corrected chi connectivity index (χ2v) is 12.9. The summed E-state index contributed by atoms with van der Waals surface area (Å²) in [5.74, 6) is 0. The van der Waals surface area contributed by atoms with E-state index in [1.54, 1.807) is 4.68 Å². The molecule has 1 atom stereocenters. The van der Waals surface area contributed by atoms with Crippen LogP contribution in [0.2, 0.25) is 5.02 Å². The number of rotatable bonds is 7. The lowest BCUT2D eigenvalue weighted by Crippen LogP contribution is -2.49. The Morgan fingerprint density at radius 3 is 2.34 bits per heavy atom. The molecule has 9 nitrogen and oxygen atoms in total. The van der Waals surface area contributed by atoms with Gasteiger partial charge in [-0.15, -0.1) is 0 Å². The highest BCUT2D eigenvalue weighted by Gasteiger charge is 2.33. The van der Waals surface area contributed by atoms with E-state index in [-0.39, 0.29) is 19.6 Å². The van der Waals surface area contributed by atoms with Crippen LogP contribution >= 0.6 is 11.6 Å². The normalized spacial score (nSPS) is 18.0. The fourth-order valence-corrected chi connectivity index (χ4v) is 6.61. The number of aromatic nitrogens is 2. The minimum atomic E-state index is -4.47. The summed E-state index contributed by atoms with van der Waals surface area (Å²) in [5, 5.41) is 16.3. The second-order valence-electron chi connectivity index (χ2n) is 10.5. The first-order chi connectivity index (χ1) is 19.3. The Labute approximate surface area is 241 Å². The van der Waals surface area contributed by atoms with E-state index in [0.29, 0.717) is 66.7 Å². The highest BCUT2D eigenvalue weighted by Crippen LogP contribution is 2.35. The lowest BCUT2D eigenvalue weighted by Gasteiger charge is -2.37. The first-order valence-corrected chi connectivity index (χ1v) is 15.4. The molecule has 2 aliphatic rings. The van der Waals surface area contributed by atoms with E-state index in [9.17, 15) is 26.7 Å². The number of nitrogens with zero attached hydrogens (tertiary/aromatic N) is 5. The lowest BCUT2D eigenvalue weighted by molar-refractivity contribution is -0.137. The van der Waals surface area contributed by atoms with Crippen molar-refractivity contribution >= 4 is 33.0 Å². The summed E-state index contributed by atoms with van der Waals surface area (Å²) < 4.78 is 66.9. The summed E-state index contributed by atoms with van der Waals surface area (Å²) in [4.78, 5) is 4.28. The Kier molecular flexibility index (Phi) is 8.27. The van der Waals surface area contributed by atoms with Crippen molar-refractivity contribution in [1.29, 1.82) is 0 Å². The van der Waals surface area contributed by atoms with Gasteiger partial charge >= 0.3 is 6.18 Å². The predicted molar refractivity (Wildman–Crippen MR) is 152 cm³/mol. The third kappa shape index (κ3) is 6.49. The van der Waals surface area contributed by atoms with Gasteiger partial charge in [0.1, 0.15) is 0 Å². The Morgan fingerprint density at radius 2 is 1.73 bits per heavy atom. The molecular weight excluding hydrogens is 581 g/mol. The number of hydrogen-bond donors (Lipinski definition) is 2. The third-order valence-electron chi connectivity index (χ3n) is 7.61. The van der Waals surface area contributed by atoms with Gasteiger partial charge in [-0.2, -0.15) is 22.6 Å². The maximum absolute atomic E-state index is 13.1. The van der Waals surface area contributed by atoms with Gasteiger partial charge in [0.2, 0.25) is 10.0 Å². The van der Waals surface area contributed by atoms with E-state index >= 15 is 0 Å². The van der Waals surface area contributed by atoms with Crippen LogP contribution in [0.4, 0.5) is 24.5 Å². The molecule has 41 heavy (non-hydrogen) atoms. The molecule has 5 rings (SSSR count). The predicted octanol–water partition coefficient (Wildman–Crippen LogP) is 3.31. The average molecular weight is 613 g/mol. The number of nitrogen functional groups attached to an aromatic ring is 1. The Bertz CT molecular complexity index is 1490. The molecule has 0 amide bonds. The molecule has 1 fully saturated rings. The summed E-state index contributed by atoms with van der Waals surface area (Å²) in [6, 6.07) is 10.1. The van der Waals surface area contributed by atoms with E-state index in [1.165, 1.54) is 16.4 Å². The lowest BCUT2D eigenvalue weighted by atomic mass is 10.0. The van der Waals surface area contributed by atoms with E-state index in [4.69, 9.17) is 17.3 Å². The van der Waals surface area contributed by atoms with Crippen molar-refractivity contribution in [3.05, 3.63) is 64.3 Å². The quantitative estimate of drug-likeness (QED) is 0.394. The molecule has 1 saturated heterocycles. The van der Waals surface area contributed by atoms with Crippen LogP contribution in [-0.2, 0) is 35.7 Å². The van der Waals surface area contributed by atoms with Gasteiger partial charge in [0.25, 0.3) is 0 Å². The van der Waals surface area contributed by atoms with Crippen LogP contribution in [0.25, 0.3) is 11.3 Å². The number of aliphatic hydroxyl groups is 1. The number of aliphatic hydroxyl groups excluding tert-OH is 1. The van der Waals surface area contributed by atoms with Crippen LogP contribution in [0.1, 0.15) is 16.8 Å². The molecule has 222 valence electrons. The molecule has 3 aromatic rings. The largest absolute Gasteiger partial charge is 0.416 e. The number of fused-ring (bicyclic) bond motifs is 1. The van der Waals surface area contributed by atoms with Gasteiger partial charge in [-0.25, -0.2) is 8.42 Å². The zero-order valence-corrected chi connectivity index (χ0v) is 24.1. The van der Waals surface area contributed by atoms with Crippen LogP contribution < -0.4 is 10.6 Å². The van der Waals surface area contributed by atoms with Crippen molar-refractivity contribution in [1.82, 2.24) is 19.0 Å². The van der Waals surface area contributed by atoms with Crippen molar-refractivity contribution in [2.24, 2.45) is 0 Å². The maximum atomic E-state index is 13.1. The summed E-state index contributed by atoms with van der Waals surface area (Å²) in [7, 11) is -3.49. The van der Waals surface area contributed by atoms with Gasteiger partial charge in [-0.1, -0.05) is 29.8 Å². The zero-order chi connectivity index (χ0) is 29.5. The number of piperazine rings is 1. The molecular formula is C27H32ClF3N6O3S. The van der Waals surface area contributed by atoms with Gasteiger partial charge in [-0.05, 0) is 24.3 Å². The number of sulfonamides is 1. The smallest absolute Gasteiger partial charge is 0.397 e. The van der Waals surface area contributed by atoms with Gasteiger partial charge in [-0.3, -0.25) is 9.58 Å². The molecule has 1 aromatic heterocycles. The molecule has 1 unspecified atom stereocenters. The Hall–Kier alpha value is -2.84. The van der Waals surface area contributed by atoms with Crippen molar-refractivity contribution in [2.75, 3.05) is 56.2 Å². The highest BCUT2D eigenvalue weighted by molar-refractivity contribution is 7.88. The molecule has 2 aliphatic heterocycles. The Balaban J connectivity index is 1.32. The van der Waals surface area contributed by atoms with Gasteiger partial charge in [0.05, 0.1) is 46.6 Å². The van der Waals surface area contributed by atoms with E-state index in [1.807, 2.05) is 18.2 Å². The maximum Gasteiger partial charge on any atom is 0.416 e. The summed E-state index contributed by atoms with van der Waals surface area (Å²) in [6.07, 6.45) is -3.74. The van der Waals surface area contributed by atoms with Crippen molar-refractivity contribution in [3.63, 3.8) is 0 Å². The number of para-hydroxylation sites is 1. The minimum Gasteiger partial charge on any atom is -0.397 e. The summed E-state index contributed by atoms with van der Waals surface area (Å²) in [5.41, 5.74) is 9.08. The number of β-amino-alcohol motifs (C(OH)–C–C–N with tert-alkyl or cyclic N) is 1. The van der Waals surface area contributed by atoms with Crippen LogP contribution in [0, 0.1) is 0 Å². The average Bonchev–Trinajstić information content (AvgIpc) is 3.26. The van der Waals surface area contributed by atoms with E-state index in [2.05, 4.69) is 14.9 Å². The molecule has 14 heteroatoms. The number of hydrogen-bond acceptors (Lipinski definition) is 7. The first kappa shape index (κ1) is 29.6. The number of benzene rings is 2. The number of halogens is 4. The number of nitrogens with two attached hydrogens (primary N) is 1. The van der Waals surface area contributed by atoms with Gasteiger partial charge < -0.3 is 15.7 Å². The first-order valence-electron chi connectivity index (χ1n) is 13.2. The molecule has 0 aliphatic carbocycles. The third-order valence-corrected chi connectivity index (χ3v) is 9.17. The Morgan fingerprint density at radius 1 is 1.05 bits per heavy atom. The van der Waals surface area contributed by atoms with Crippen molar-refractivity contribution < 1.29 is 26.7 Å². The van der Waals surface area contributed by atoms with Crippen LogP contribution in [0.3, 0.4) is 0 Å². The van der Waals surface area contributed by atoms with Crippen LogP contribution in [0.5, 0.6) is 0 Å².